The number of methoxy groups -OCH3 is 1. The van der Waals surface area contributed by atoms with E-state index in [1.54, 1.807) is 37.5 Å². The monoisotopic (exact) mass is 303 g/mol. The highest BCUT2D eigenvalue weighted by Gasteiger charge is 2.26. The predicted octanol–water partition coefficient (Wildman–Crippen LogP) is 1.40. The molecule has 0 atom stereocenters. The lowest BCUT2D eigenvalue weighted by atomic mass is 10.2. The first-order chi connectivity index (χ1) is 10.6. The van der Waals surface area contributed by atoms with Crippen LogP contribution in [0.25, 0.3) is 6.08 Å². The number of benzene rings is 1. The molecule has 2 rings (SSSR count). The molecule has 0 unspecified atom stereocenters. The molecule has 0 N–H and O–H groups in total. The molecule has 1 saturated heterocycles. The second-order valence-electron chi connectivity index (χ2n) is 4.76. The van der Waals surface area contributed by atoms with Crippen molar-refractivity contribution in [2.75, 3.05) is 20.3 Å². The average molecular weight is 303 g/mol. The maximum absolute atomic E-state index is 11.7. The highest BCUT2D eigenvalue weighted by Crippen LogP contribution is 2.12. The summed E-state index contributed by atoms with van der Waals surface area (Å²) in [6, 6.07) is 7.12. The van der Waals surface area contributed by atoms with Gasteiger partial charge in [0.15, 0.2) is 6.61 Å². The van der Waals surface area contributed by atoms with E-state index in [4.69, 9.17) is 9.47 Å². The summed E-state index contributed by atoms with van der Waals surface area (Å²) < 4.78 is 9.87. The quantitative estimate of drug-likeness (QED) is 0.607. The molecule has 1 fully saturated rings. The fourth-order valence-corrected chi connectivity index (χ4v) is 2.05. The Hall–Kier alpha value is -2.63. The first-order valence-corrected chi connectivity index (χ1v) is 6.92. The summed E-state index contributed by atoms with van der Waals surface area (Å²) in [5.41, 5.74) is 0.804. The van der Waals surface area contributed by atoms with Crippen LogP contribution >= 0.6 is 0 Å². The number of esters is 1. The standard InChI is InChI=1S/C16H17NO5/c1-21-13-7-4-12(5-8-13)6-9-16(20)22-11-15(19)17-10-2-3-14(17)18/h4-9H,2-3,10-11H2,1H3/b9-6+. The van der Waals surface area contributed by atoms with Crippen molar-refractivity contribution < 1.29 is 23.9 Å². The largest absolute Gasteiger partial charge is 0.497 e. The summed E-state index contributed by atoms with van der Waals surface area (Å²) in [6.07, 6.45) is 3.85. The SMILES string of the molecule is COc1ccc(/C=C/C(=O)OCC(=O)N2CCCC2=O)cc1. The fourth-order valence-electron chi connectivity index (χ4n) is 2.05. The lowest BCUT2D eigenvalue weighted by molar-refractivity contribution is -0.151. The maximum Gasteiger partial charge on any atom is 0.331 e. The molecule has 1 aromatic carbocycles. The van der Waals surface area contributed by atoms with Crippen molar-refractivity contribution in [2.24, 2.45) is 0 Å². The van der Waals surface area contributed by atoms with Crippen molar-refractivity contribution >= 4 is 23.9 Å². The van der Waals surface area contributed by atoms with Gasteiger partial charge in [0, 0.05) is 19.0 Å². The molecule has 1 aromatic rings. The van der Waals surface area contributed by atoms with Crippen LogP contribution in [0.5, 0.6) is 5.75 Å². The van der Waals surface area contributed by atoms with E-state index in [1.807, 2.05) is 0 Å². The maximum atomic E-state index is 11.7. The van der Waals surface area contributed by atoms with E-state index in [1.165, 1.54) is 6.08 Å². The number of rotatable bonds is 5. The molecular weight excluding hydrogens is 286 g/mol. The Morgan fingerprint density at radius 1 is 1.27 bits per heavy atom. The van der Waals surface area contributed by atoms with Gasteiger partial charge in [0.2, 0.25) is 5.91 Å². The van der Waals surface area contributed by atoms with Crippen molar-refractivity contribution in [3.63, 3.8) is 0 Å². The molecule has 0 aromatic heterocycles. The summed E-state index contributed by atoms with van der Waals surface area (Å²) in [7, 11) is 1.57. The van der Waals surface area contributed by atoms with Crippen molar-refractivity contribution in [1.29, 1.82) is 0 Å². The van der Waals surface area contributed by atoms with E-state index in [0.717, 1.165) is 16.2 Å². The number of hydrogen-bond acceptors (Lipinski definition) is 5. The number of likely N-dealkylation sites (tertiary alicyclic amines) is 1. The zero-order valence-corrected chi connectivity index (χ0v) is 12.3. The molecule has 0 saturated carbocycles. The molecule has 116 valence electrons. The third-order valence-electron chi connectivity index (χ3n) is 3.24. The topological polar surface area (TPSA) is 72.9 Å². The summed E-state index contributed by atoms with van der Waals surface area (Å²) in [5.74, 6) is -0.597. The van der Waals surface area contributed by atoms with Crippen LogP contribution in [0.1, 0.15) is 18.4 Å². The molecule has 1 heterocycles. The van der Waals surface area contributed by atoms with Gasteiger partial charge in [-0.2, -0.15) is 0 Å². The Morgan fingerprint density at radius 2 is 2.00 bits per heavy atom. The molecule has 0 aliphatic carbocycles. The zero-order chi connectivity index (χ0) is 15.9. The Balaban J connectivity index is 1.80. The van der Waals surface area contributed by atoms with Crippen LogP contribution in [0.15, 0.2) is 30.3 Å². The van der Waals surface area contributed by atoms with Crippen molar-refractivity contribution in [2.45, 2.75) is 12.8 Å². The average Bonchev–Trinajstić information content (AvgIpc) is 2.97. The van der Waals surface area contributed by atoms with Gasteiger partial charge in [-0.25, -0.2) is 4.79 Å². The van der Waals surface area contributed by atoms with E-state index in [2.05, 4.69) is 0 Å². The fraction of sp³-hybridized carbons (Fsp3) is 0.312. The third kappa shape index (κ3) is 4.18. The van der Waals surface area contributed by atoms with Gasteiger partial charge in [-0.15, -0.1) is 0 Å². The number of carbonyl (C=O) groups excluding carboxylic acids is 3. The van der Waals surface area contributed by atoms with E-state index >= 15 is 0 Å². The van der Waals surface area contributed by atoms with Crippen LogP contribution in [-0.2, 0) is 19.1 Å². The van der Waals surface area contributed by atoms with Crippen molar-refractivity contribution in [3.05, 3.63) is 35.9 Å². The lowest BCUT2D eigenvalue weighted by Gasteiger charge is -2.12. The Morgan fingerprint density at radius 3 is 2.59 bits per heavy atom. The number of imide groups is 1. The third-order valence-corrected chi connectivity index (χ3v) is 3.24. The number of carbonyl (C=O) groups is 3. The van der Waals surface area contributed by atoms with E-state index in [0.29, 0.717) is 19.4 Å². The van der Waals surface area contributed by atoms with Crippen LogP contribution in [0.4, 0.5) is 0 Å². The first kappa shape index (κ1) is 15.8. The normalized spacial score (nSPS) is 14.4. The molecule has 1 aliphatic rings. The molecule has 0 spiro atoms. The Bertz CT molecular complexity index is 591. The summed E-state index contributed by atoms with van der Waals surface area (Å²) in [5, 5.41) is 0. The summed E-state index contributed by atoms with van der Waals surface area (Å²) in [4.78, 5) is 35.7. The summed E-state index contributed by atoms with van der Waals surface area (Å²) >= 11 is 0. The number of ether oxygens (including phenoxy) is 2. The molecule has 0 radical (unpaired) electrons. The molecule has 2 amide bonds. The molecule has 6 nitrogen and oxygen atoms in total. The van der Waals surface area contributed by atoms with E-state index in [-0.39, 0.29) is 5.91 Å². The summed E-state index contributed by atoms with van der Waals surface area (Å²) in [6.45, 7) is -0.0194. The Labute approximate surface area is 128 Å². The minimum absolute atomic E-state index is 0.213. The van der Waals surface area contributed by atoms with Gasteiger partial charge in [-0.1, -0.05) is 12.1 Å². The lowest BCUT2D eigenvalue weighted by Crippen LogP contribution is -2.35. The minimum Gasteiger partial charge on any atom is -0.497 e. The second kappa shape index (κ2) is 7.40. The Kier molecular flexibility index (Phi) is 5.30. The van der Waals surface area contributed by atoms with Crippen molar-refractivity contribution in [1.82, 2.24) is 4.90 Å². The predicted molar refractivity (Wildman–Crippen MR) is 78.9 cm³/mol. The van der Waals surface area contributed by atoms with Crippen LogP contribution in [0.3, 0.4) is 0 Å². The van der Waals surface area contributed by atoms with Crippen molar-refractivity contribution in [3.8, 4) is 5.75 Å². The molecule has 0 bridgehead atoms. The highest BCUT2D eigenvalue weighted by atomic mass is 16.5. The van der Waals surface area contributed by atoms with Gasteiger partial charge >= 0.3 is 5.97 Å². The molecule has 6 heteroatoms. The molecule has 1 aliphatic heterocycles. The van der Waals surface area contributed by atoms with Gasteiger partial charge in [0.05, 0.1) is 7.11 Å². The smallest absolute Gasteiger partial charge is 0.331 e. The van der Waals surface area contributed by atoms with Gasteiger partial charge in [0.25, 0.3) is 5.91 Å². The highest BCUT2D eigenvalue weighted by molar-refractivity contribution is 5.98. The van der Waals surface area contributed by atoms with Crippen LogP contribution < -0.4 is 4.74 Å². The number of nitrogens with zero attached hydrogens (tertiary/aromatic N) is 1. The van der Waals surface area contributed by atoms with Gasteiger partial charge in [-0.05, 0) is 30.2 Å². The zero-order valence-electron chi connectivity index (χ0n) is 12.3. The molecule has 22 heavy (non-hydrogen) atoms. The van der Waals surface area contributed by atoms with Crippen LogP contribution in [0.2, 0.25) is 0 Å². The second-order valence-corrected chi connectivity index (χ2v) is 4.76. The van der Waals surface area contributed by atoms with E-state index < -0.39 is 18.5 Å². The van der Waals surface area contributed by atoms with Gasteiger partial charge in [-0.3, -0.25) is 14.5 Å². The minimum atomic E-state index is -0.629. The van der Waals surface area contributed by atoms with Gasteiger partial charge in [0.1, 0.15) is 5.75 Å². The number of hydrogen-bond donors (Lipinski definition) is 0. The first-order valence-electron chi connectivity index (χ1n) is 6.92. The van der Waals surface area contributed by atoms with Crippen LogP contribution in [-0.4, -0.2) is 42.9 Å². The van der Waals surface area contributed by atoms with Gasteiger partial charge < -0.3 is 9.47 Å². The molecular formula is C16H17NO5. The van der Waals surface area contributed by atoms with Crippen LogP contribution in [0, 0.1) is 0 Å². The number of amides is 2. The van der Waals surface area contributed by atoms with E-state index in [9.17, 15) is 14.4 Å².